The first kappa shape index (κ1) is 16.0. The molecule has 2 N–H and O–H groups in total. The maximum atomic E-state index is 12.0. The highest BCUT2D eigenvalue weighted by molar-refractivity contribution is 9.10. The monoisotopic (exact) mass is 347 g/mol. The number of nitrogens with one attached hydrogen (secondary N) is 1. The highest BCUT2D eigenvalue weighted by Crippen LogP contribution is 2.21. The van der Waals surface area contributed by atoms with Gasteiger partial charge in [0.2, 0.25) is 0 Å². The fourth-order valence-electron chi connectivity index (χ4n) is 1.61. The minimum Gasteiger partial charge on any atom is -0.481 e. The first-order valence-electron chi connectivity index (χ1n) is 5.89. The molecule has 0 fully saturated rings. The molecule has 19 heavy (non-hydrogen) atoms. The van der Waals surface area contributed by atoms with E-state index in [0.717, 1.165) is 0 Å². The van der Waals surface area contributed by atoms with Gasteiger partial charge in [-0.05, 0) is 40.0 Å². The molecule has 0 aromatic heterocycles. The van der Waals surface area contributed by atoms with Crippen molar-refractivity contribution in [3.8, 4) is 0 Å². The molecule has 4 nitrogen and oxygen atoms in total. The van der Waals surface area contributed by atoms with Crippen LogP contribution in [0, 0.1) is 5.92 Å². The first-order chi connectivity index (χ1) is 8.93. The summed E-state index contributed by atoms with van der Waals surface area (Å²) in [5.41, 5.74) is 0.481. The van der Waals surface area contributed by atoms with Crippen LogP contribution in [0.25, 0.3) is 0 Å². The molecule has 104 valence electrons. The van der Waals surface area contributed by atoms with E-state index in [0.29, 0.717) is 28.0 Å². The summed E-state index contributed by atoms with van der Waals surface area (Å²) < 4.78 is 0.615. The number of carboxylic acids is 1. The number of amides is 1. The lowest BCUT2D eigenvalue weighted by atomic mass is 10.0. The Morgan fingerprint density at radius 1 is 1.47 bits per heavy atom. The molecule has 0 bridgehead atoms. The average molecular weight is 349 g/mol. The highest BCUT2D eigenvalue weighted by Gasteiger charge is 2.15. The lowest BCUT2D eigenvalue weighted by Crippen LogP contribution is -2.30. The molecule has 0 heterocycles. The van der Waals surface area contributed by atoms with Gasteiger partial charge in [-0.3, -0.25) is 9.59 Å². The summed E-state index contributed by atoms with van der Waals surface area (Å²) in [6.07, 6.45) is 0.757. The third-order valence-electron chi connectivity index (χ3n) is 2.77. The van der Waals surface area contributed by atoms with Crippen LogP contribution in [-0.2, 0) is 4.79 Å². The van der Waals surface area contributed by atoms with Gasteiger partial charge in [0.25, 0.3) is 5.91 Å². The van der Waals surface area contributed by atoms with E-state index < -0.39 is 5.97 Å². The molecule has 6 heteroatoms. The van der Waals surface area contributed by atoms with Crippen molar-refractivity contribution < 1.29 is 14.7 Å². The van der Waals surface area contributed by atoms with Gasteiger partial charge in [-0.1, -0.05) is 24.9 Å². The fraction of sp³-hybridized carbons (Fsp3) is 0.385. The summed E-state index contributed by atoms with van der Waals surface area (Å²) in [5, 5.41) is 12.0. The van der Waals surface area contributed by atoms with Crippen LogP contribution in [-0.4, -0.2) is 23.5 Å². The van der Waals surface area contributed by atoms with Crippen LogP contribution >= 0.6 is 27.5 Å². The summed E-state index contributed by atoms with van der Waals surface area (Å²) in [6, 6.07) is 4.90. The van der Waals surface area contributed by atoms with Crippen molar-refractivity contribution in [1.82, 2.24) is 5.32 Å². The van der Waals surface area contributed by atoms with Crippen molar-refractivity contribution in [1.29, 1.82) is 0 Å². The molecule has 0 saturated heterocycles. The van der Waals surface area contributed by atoms with Crippen LogP contribution < -0.4 is 5.32 Å². The largest absolute Gasteiger partial charge is 0.481 e. The molecule has 0 spiro atoms. The van der Waals surface area contributed by atoms with E-state index in [1.807, 2.05) is 6.92 Å². The van der Waals surface area contributed by atoms with Crippen molar-refractivity contribution >= 4 is 39.4 Å². The minimum absolute atomic E-state index is 0.0541. The maximum absolute atomic E-state index is 12.0. The summed E-state index contributed by atoms with van der Waals surface area (Å²) in [6.45, 7) is 2.24. The molecular formula is C13H15BrClNO3. The second-order valence-electron chi connectivity index (χ2n) is 4.21. The highest BCUT2D eigenvalue weighted by atomic mass is 79.9. The number of hydrogen-bond acceptors (Lipinski definition) is 2. The number of carbonyl (C=O) groups is 2. The average Bonchev–Trinajstić information content (AvgIpc) is 2.33. The molecule has 0 radical (unpaired) electrons. The fourth-order valence-corrected chi connectivity index (χ4v) is 2.48. The molecule has 1 amide bonds. The summed E-state index contributed by atoms with van der Waals surface area (Å²) in [7, 11) is 0. The Morgan fingerprint density at radius 2 is 2.16 bits per heavy atom. The Bertz CT molecular complexity index is 479. The Hall–Kier alpha value is -1.07. The van der Waals surface area contributed by atoms with Gasteiger partial charge in [0, 0.05) is 22.5 Å². The number of aliphatic carboxylic acids is 1. The van der Waals surface area contributed by atoms with Crippen LogP contribution in [0.4, 0.5) is 0 Å². The van der Waals surface area contributed by atoms with E-state index in [1.165, 1.54) is 0 Å². The van der Waals surface area contributed by atoms with Crippen molar-refractivity contribution in [3.63, 3.8) is 0 Å². The van der Waals surface area contributed by atoms with Gasteiger partial charge in [-0.2, -0.15) is 0 Å². The first-order valence-corrected chi connectivity index (χ1v) is 7.06. The lowest BCUT2D eigenvalue weighted by Gasteiger charge is -2.14. The molecule has 1 aromatic rings. The molecule has 0 aliphatic heterocycles. The Labute approximate surface area is 125 Å². The van der Waals surface area contributed by atoms with E-state index in [-0.39, 0.29) is 18.2 Å². The second kappa shape index (κ2) is 7.50. The molecule has 1 unspecified atom stereocenters. The summed E-state index contributed by atoms with van der Waals surface area (Å²) in [4.78, 5) is 22.6. The number of carboxylic acid groups (broad SMARTS) is 1. The quantitative estimate of drug-likeness (QED) is 0.828. The summed E-state index contributed by atoms with van der Waals surface area (Å²) >= 11 is 9.07. The van der Waals surface area contributed by atoms with Gasteiger partial charge in [0.1, 0.15) is 0 Å². The van der Waals surface area contributed by atoms with E-state index in [9.17, 15) is 9.59 Å². The van der Waals surface area contributed by atoms with Crippen molar-refractivity contribution in [2.75, 3.05) is 6.54 Å². The zero-order chi connectivity index (χ0) is 14.4. The third-order valence-corrected chi connectivity index (χ3v) is 3.66. The lowest BCUT2D eigenvalue weighted by molar-refractivity contribution is -0.138. The van der Waals surface area contributed by atoms with Crippen LogP contribution in [0.5, 0.6) is 0 Å². The molecule has 0 saturated carbocycles. The maximum Gasteiger partial charge on any atom is 0.303 e. The summed E-state index contributed by atoms with van der Waals surface area (Å²) in [5.74, 6) is -1.16. The molecular weight excluding hydrogens is 334 g/mol. The Kier molecular flexibility index (Phi) is 6.31. The molecule has 1 atom stereocenters. The molecule has 0 aliphatic carbocycles. The van der Waals surface area contributed by atoms with Crippen LogP contribution in [0.3, 0.4) is 0 Å². The zero-order valence-corrected chi connectivity index (χ0v) is 12.8. The zero-order valence-electron chi connectivity index (χ0n) is 10.5. The predicted octanol–water partition coefficient (Wildman–Crippen LogP) is 3.33. The number of halogens is 2. The van der Waals surface area contributed by atoms with E-state index in [2.05, 4.69) is 21.2 Å². The predicted molar refractivity (Wildman–Crippen MR) is 77.5 cm³/mol. The van der Waals surface area contributed by atoms with Crippen molar-refractivity contribution in [2.24, 2.45) is 5.92 Å². The van der Waals surface area contributed by atoms with Gasteiger partial charge in [0.05, 0.1) is 5.56 Å². The number of carbonyl (C=O) groups excluding carboxylic acids is 1. The standard InChI is InChI=1S/C13H15BrClNO3/c1-2-8(5-12(17)18)7-16-13(19)10-4-3-9(15)6-11(10)14/h3-4,6,8H,2,5,7H2,1H3,(H,16,19)(H,17,18). The number of hydrogen-bond donors (Lipinski definition) is 2. The topological polar surface area (TPSA) is 66.4 Å². The minimum atomic E-state index is -0.853. The van der Waals surface area contributed by atoms with E-state index in [1.54, 1.807) is 18.2 Å². The number of rotatable bonds is 6. The van der Waals surface area contributed by atoms with Crippen LogP contribution in [0.15, 0.2) is 22.7 Å². The molecule has 1 aromatic carbocycles. The van der Waals surface area contributed by atoms with Gasteiger partial charge < -0.3 is 10.4 Å². The van der Waals surface area contributed by atoms with Gasteiger partial charge in [-0.25, -0.2) is 0 Å². The van der Waals surface area contributed by atoms with Gasteiger partial charge in [-0.15, -0.1) is 0 Å². The van der Waals surface area contributed by atoms with Gasteiger partial charge >= 0.3 is 5.97 Å². The van der Waals surface area contributed by atoms with Crippen molar-refractivity contribution in [3.05, 3.63) is 33.3 Å². The Balaban J connectivity index is 2.61. The van der Waals surface area contributed by atoms with Crippen LogP contribution in [0.2, 0.25) is 5.02 Å². The van der Waals surface area contributed by atoms with E-state index in [4.69, 9.17) is 16.7 Å². The second-order valence-corrected chi connectivity index (χ2v) is 5.50. The SMILES string of the molecule is CCC(CNC(=O)c1ccc(Cl)cc1Br)CC(=O)O. The third kappa shape index (κ3) is 5.20. The molecule has 0 aliphatic rings. The Morgan fingerprint density at radius 3 is 2.68 bits per heavy atom. The number of benzene rings is 1. The van der Waals surface area contributed by atoms with Gasteiger partial charge in [0.15, 0.2) is 0 Å². The smallest absolute Gasteiger partial charge is 0.303 e. The van der Waals surface area contributed by atoms with Crippen molar-refractivity contribution in [2.45, 2.75) is 19.8 Å². The molecule has 1 rings (SSSR count). The normalized spacial score (nSPS) is 11.9. The van der Waals surface area contributed by atoms with Crippen LogP contribution in [0.1, 0.15) is 30.1 Å². The van der Waals surface area contributed by atoms with E-state index >= 15 is 0 Å².